The number of methoxy groups -OCH3 is 1. The van der Waals surface area contributed by atoms with E-state index >= 15 is 0 Å². The molecule has 8 rings (SSSR count). The van der Waals surface area contributed by atoms with Crippen molar-refractivity contribution in [1.82, 2.24) is 24.5 Å². The van der Waals surface area contributed by atoms with Crippen LogP contribution in [0.5, 0.6) is 11.6 Å². The Bertz CT molecular complexity index is 1840. The molecule has 5 heterocycles. The molecule has 4 aromatic heterocycles. The lowest BCUT2D eigenvalue weighted by atomic mass is 9.61. The average molecular weight is 627 g/mol. The van der Waals surface area contributed by atoms with Crippen LogP contribution in [0, 0.1) is 39.9 Å². The van der Waals surface area contributed by atoms with Crippen LogP contribution in [0.2, 0.25) is 0 Å². The number of rotatable bonds is 8. The molecule has 238 valence electrons. The zero-order chi connectivity index (χ0) is 32.8. The van der Waals surface area contributed by atoms with E-state index in [9.17, 15) is 10.5 Å². The lowest BCUT2D eigenvalue weighted by Crippen LogP contribution is -2.33. The standard InChI is InChI=1S/C25H25N5O.C12H13N3O/c1-25(2,14-27)15-31-21-9-22(24-20(10-26)12-29-30(24)13-21)18-3-4-23(28-11-18)19-7-16-5-17(6-16)8-19;1-16-12-4-3-11(9-14-12)10-15-7-2-5-13-6-8-15/h3-4,9,11-13,16-17,19H,5-8,15H2,1-2H3;2-9H,10H2,1H3. The fourth-order valence-electron chi connectivity index (χ4n) is 6.34. The number of aliphatic imine (C=N–C) groups is 1. The fourth-order valence-corrected chi connectivity index (χ4v) is 6.34. The highest BCUT2D eigenvalue weighted by molar-refractivity contribution is 5.85. The van der Waals surface area contributed by atoms with Gasteiger partial charge in [-0.05, 0) is 75.1 Å². The van der Waals surface area contributed by atoms with Crippen LogP contribution in [0.3, 0.4) is 0 Å². The summed E-state index contributed by atoms with van der Waals surface area (Å²) in [5.74, 6) is 3.59. The van der Waals surface area contributed by atoms with E-state index in [1.165, 1.54) is 31.4 Å². The Hall–Kier alpha value is -5.48. The van der Waals surface area contributed by atoms with Crippen molar-refractivity contribution in [2.45, 2.75) is 52.0 Å². The summed E-state index contributed by atoms with van der Waals surface area (Å²) >= 11 is 0. The van der Waals surface area contributed by atoms with E-state index in [0.717, 1.165) is 40.6 Å². The predicted molar refractivity (Wildman–Crippen MR) is 179 cm³/mol. The number of pyridine rings is 3. The van der Waals surface area contributed by atoms with Gasteiger partial charge < -0.3 is 14.4 Å². The van der Waals surface area contributed by atoms with Crippen LogP contribution >= 0.6 is 0 Å². The van der Waals surface area contributed by atoms with E-state index in [2.05, 4.69) is 39.3 Å². The molecular weight excluding hydrogens is 588 g/mol. The van der Waals surface area contributed by atoms with Crippen molar-refractivity contribution >= 4 is 11.7 Å². The van der Waals surface area contributed by atoms with Crippen LogP contribution in [0.1, 0.15) is 62.3 Å². The highest BCUT2D eigenvalue weighted by Gasteiger charge is 2.39. The molecule has 0 N–H and O–H groups in total. The SMILES string of the molecule is CC(C)(C#N)COc1cc(-c2ccc(C3CC4CC(C4)C3)nc2)c2c(C#N)cnn2c1.COc1ccc(CN2C=CC=NC=C2)cn1. The van der Waals surface area contributed by atoms with Crippen molar-refractivity contribution in [1.29, 1.82) is 10.5 Å². The van der Waals surface area contributed by atoms with Crippen molar-refractivity contribution in [2.24, 2.45) is 22.2 Å². The minimum absolute atomic E-state index is 0.266. The molecule has 0 unspecified atom stereocenters. The van der Waals surface area contributed by atoms with Crippen LogP contribution in [-0.2, 0) is 6.54 Å². The number of hydrogen-bond donors (Lipinski definition) is 0. The number of hydrogen-bond acceptors (Lipinski definition) is 9. The van der Waals surface area contributed by atoms with Gasteiger partial charge in [-0.15, -0.1) is 0 Å². The summed E-state index contributed by atoms with van der Waals surface area (Å²) in [6.07, 6.45) is 21.7. The fraction of sp³-hybridized carbons (Fsp3) is 0.351. The second-order valence-electron chi connectivity index (χ2n) is 13.0. The number of aromatic nitrogens is 4. The Kier molecular flexibility index (Phi) is 9.30. The Morgan fingerprint density at radius 1 is 0.979 bits per heavy atom. The van der Waals surface area contributed by atoms with Crippen molar-refractivity contribution in [3.05, 3.63) is 96.6 Å². The third kappa shape index (κ3) is 7.50. The lowest BCUT2D eigenvalue weighted by molar-refractivity contribution is 0.0952. The molecule has 0 spiro atoms. The van der Waals surface area contributed by atoms with Crippen LogP contribution < -0.4 is 9.47 Å². The zero-order valence-corrected chi connectivity index (χ0v) is 27.0. The van der Waals surface area contributed by atoms with Crippen molar-refractivity contribution in [3.8, 4) is 34.9 Å². The monoisotopic (exact) mass is 626 g/mol. The summed E-state index contributed by atoms with van der Waals surface area (Å²) in [7, 11) is 1.61. The molecule has 3 fully saturated rings. The summed E-state index contributed by atoms with van der Waals surface area (Å²) in [6.45, 7) is 4.72. The Morgan fingerprint density at radius 3 is 2.49 bits per heavy atom. The van der Waals surface area contributed by atoms with Gasteiger partial charge >= 0.3 is 0 Å². The molecule has 3 saturated carbocycles. The maximum Gasteiger partial charge on any atom is 0.212 e. The molecule has 2 bridgehead atoms. The van der Waals surface area contributed by atoms with Crippen molar-refractivity contribution in [2.75, 3.05) is 13.7 Å². The van der Waals surface area contributed by atoms with Gasteiger partial charge in [0.05, 0.1) is 42.1 Å². The first-order valence-electron chi connectivity index (χ1n) is 15.9. The van der Waals surface area contributed by atoms with Gasteiger partial charge in [0, 0.05) is 72.6 Å². The minimum atomic E-state index is -0.596. The number of fused-ring (bicyclic) bond motifs is 3. The second kappa shape index (κ2) is 13.9. The molecule has 1 aliphatic heterocycles. The minimum Gasteiger partial charge on any atom is -0.490 e. The molecule has 4 aromatic rings. The average Bonchev–Trinajstić information content (AvgIpc) is 3.34. The van der Waals surface area contributed by atoms with E-state index in [1.807, 2.05) is 67.8 Å². The predicted octanol–water partition coefficient (Wildman–Crippen LogP) is 7.06. The third-order valence-electron chi connectivity index (χ3n) is 8.86. The van der Waals surface area contributed by atoms with E-state index < -0.39 is 5.41 Å². The first kappa shape index (κ1) is 31.5. The summed E-state index contributed by atoms with van der Waals surface area (Å²) < 4.78 is 12.6. The van der Waals surface area contributed by atoms with Crippen LogP contribution in [-0.4, -0.2) is 44.4 Å². The van der Waals surface area contributed by atoms with Crippen LogP contribution in [0.15, 0.2) is 84.8 Å². The van der Waals surface area contributed by atoms with Crippen molar-refractivity contribution in [3.63, 3.8) is 0 Å². The maximum absolute atomic E-state index is 9.56. The molecular formula is C37H38N8O2. The molecule has 0 amide bonds. The molecule has 10 nitrogen and oxygen atoms in total. The van der Waals surface area contributed by atoms with Gasteiger partial charge in [-0.2, -0.15) is 15.6 Å². The molecule has 0 atom stereocenters. The molecule has 0 radical (unpaired) electrons. The van der Waals surface area contributed by atoms with Crippen LogP contribution in [0.4, 0.5) is 0 Å². The van der Waals surface area contributed by atoms with Gasteiger partial charge in [-0.25, -0.2) is 9.50 Å². The largest absolute Gasteiger partial charge is 0.490 e. The number of nitrogens with zero attached hydrogens (tertiary/aromatic N) is 8. The first-order chi connectivity index (χ1) is 22.8. The number of allylic oxidation sites excluding steroid dienone is 1. The Balaban J connectivity index is 0.000000203. The normalized spacial score (nSPS) is 19.5. The Morgan fingerprint density at radius 2 is 1.81 bits per heavy atom. The van der Waals surface area contributed by atoms with Gasteiger partial charge in [-0.3, -0.25) is 9.98 Å². The summed E-state index contributed by atoms with van der Waals surface area (Å²) in [6, 6.07) is 14.5. The van der Waals surface area contributed by atoms with Gasteiger partial charge in [0.15, 0.2) is 0 Å². The molecule has 47 heavy (non-hydrogen) atoms. The smallest absolute Gasteiger partial charge is 0.212 e. The zero-order valence-electron chi connectivity index (χ0n) is 27.0. The highest BCUT2D eigenvalue weighted by atomic mass is 16.5. The molecule has 3 aliphatic carbocycles. The van der Waals surface area contributed by atoms with Crippen LogP contribution in [0.25, 0.3) is 16.6 Å². The maximum atomic E-state index is 9.56. The van der Waals surface area contributed by atoms with Gasteiger partial charge in [0.1, 0.15) is 18.4 Å². The van der Waals surface area contributed by atoms with E-state index in [1.54, 1.807) is 36.4 Å². The quantitative estimate of drug-likeness (QED) is 0.204. The molecule has 0 saturated heterocycles. The molecule has 0 aromatic carbocycles. The summed E-state index contributed by atoms with van der Waals surface area (Å²) in [4.78, 5) is 15.0. The number of ether oxygens (including phenoxy) is 2. The van der Waals surface area contributed by atoms with E-state index in [4.69, 9.17) is 14.5 Å². The van der Waals surface area contributed by atoms with E-state index in [0.29, 0.717) is 23.1 Å². The van der Waals surface area contributed by atoms with Crippen molar-refractivity contribution < 1.29 is 9.47 Å². The topological polar surface area (TPSA) is 125 Å². The lowest BCUT2D eigenvalue weighted by Gasteiger charge is -2.45. The summed E-state index contributed by atoms with van der Waals surface area (Å²) in [5.41, 5.74) is 4.73. The molecule has 10 heteroatoms. The van der Waals surface area contributed by atoms with Gasteiger partial charge in [-0.1, -0.05) is 12.1 Å². The third-order valence-corrected chi connectivity index (χ3v) is 8.86. The Labute approximate surface area is 275 Å². The highest BCUT2D eigenvalue weighted by Crippen LogP contribution is 2.51. The second-order valence-corrected chi connectivity index (χ2v) is 13.0. The first-order valence-corrected chi connectivity index (χ1v) is 15.9. The van der Waals surface area contributed by atoms with Gasteiger partial charge in [0.25, 0.3) is 0 Å². The van der Waals surface area contributed by atoms with E-state index in [-0.39, 0.29) is 6.61 Å². The van der Waals surface area contributed by atoms with Gasteiger partial charge in [0.2, 0.25) is 5.88 Å². The summed E-state index contributed by atoms with van der Waals surface area (Å²) in [5, 5.41) is 23.2. The molecule has 4 aliphatic rings. The number of nitriles is 2.